The number of nitrogens with one attached hydrogen (secondary N) is 1. The fraction of sp³-hybridized carbons (Fsp3) is 0.571. The highest BCUT2D eigenvalue weighted by Crippen LogP contribution is 2.39. The van der Waals surface area contributed by atoms with Crippen LogP contribution < -0.4 is 16.0 Å². The average Bonchev–Trinajstić information content (AvgIpc) is 2.69. The Morgan fingerprint density at radius 1 is 1.21 bits per heavy atom. The van der Waals surface area contributed by atoms with Crippen molar-refractivity contribution in [2.24, 2.45) is 11.1 Å². The molecule has 3 N–H and O–H groups in total. The molecule has 2 aliphatic rings. The lowest BCUT2D eigenvalue weighted by atomic mass is 9.75. The Hall–Kier alpha value is -0.840. The van der Waals surface area contributed by atoms with E-state index in [1.54, 1.807) is 0 Å². The van der Waals surface area contributed by atoms with E-state index in [2.05, 4.69) is 10.2 Å². The smallest absolute Gasteiger partial charge is 0.123 e. The van der Waals surface area contributed by atoms with E-state index in [-0.39, 0.29) is 29.7 Å². The summed E-state index contributed by atoms with van der Waals surface area (Å²) in [4.78, 5) is 2.30. The van der Waals surface area contributed by atoms with Crippen molar-refractivity contribution in [3.05, 3.63) is 30.1 Å². The molecule has 0 radical (unpaired) electrons. The van der Waals surface area contributed by atoms with Gasteiger partial charge in [-0.2, -0.15) is 0 Å². The minimum Gasteiger partial charge on any atom is -0.369 e. The summed E-state index contributed by atoms with van der Waals surface area (Å²) < 4.78 is 12.9. The van der Waals surface area contributed by atoms with E-state index in [1.165, 1.54) is 12.1 Å². The number of benzene rings is 1. The Labute approximate surface area is 119 Å². The van der Waals surface area contributed by atoms with Gasteiger partial charge in [0.25, 0.3) is 0 Å². The van der Waals surface area contributed by atoms with Gasteiger partial charge in [0.05, 0.1) is 0 Å². The molecule has 2 aliphatic heterocycles. The van der Waals surface area contributed by atoms with E-state index >= 15 is 0 Å². The van der Waals surface area contributed by atoms with Crippen LogP contribution in [0.25, 0.3) is 0 Å². The largest absolute Gasteiger partial charge is 0.369 e. The lowest BCUT2D eigenvalue weighted by Gasteiger charge is -2.36. The van der Waals surface area contributed by atoms with E-state index < -0.39 is 0 Å². The highest BCUT2D eigenvalue weighted by atomic mass is 35.5. The molecule has 2 saturated heterocycles. The minimum atomic E-state index is -0.182. The topological polar surface area (TPSA) is 41.3 Å². The van der Waals surface area contributed by atoms with Crippen LogP contribution >= 0.6 is 12.4 Å². The summed E-state index contributed by atoms with van der Waals surface area (Å²) in [5.41, 5.74) is 7.69. The molecule has 0 bridgehead atoms. The SMILES string of the molecule is Cl.N[C@@H]1CN(c2ccc(F)cc2)CC12CCNCC2. The van der Waals surface area contributed by atoms with Gasteiger partial charge in [0, 0.05) is 30.2 Å². The van der Waals surface area contributed by atoms with Gasteiger partial charge in [-0.25, -0.2) is 4.39 Å². The van der Waals surface area contributed by atoms with E-state index in [4.69, 9.17) is 5.73 Å². The van der Waals surface area contributed by atoms with Crippen LogP contribution in [0.3, 0.4) is 0 Å². The zero-order valence-electron chi connectivity index (χ0n) is 10.9. The average molecular weight is 286 g/mol. The highest BCUT2D eigenvalue weighted by Gasteiger charge is 2.45. The van der Waals surface area contributed by atoms with Crippen LogP contribution in [0.2, 0.25) is 0 Å². The predicted molar refractivity (Wildman–Crippen MR) is 78.4 cm³/mol. The fourth-order valence-corrected chi connectivity index (χ4v) is 3.30. The van der Waals surface area contributed by atoms with Crippen LogP contribution in [-0.4, -0.2) is 32.2 Å². The first-order valence-electron chi connectivity index (χ1n) is 6.66. The van der Waals surface area contributed by atoms with E-state index in [0.29, 0.717) is 0 Å². The van der Waals surface area contributed by atoms with Crippen LogP contribution in [0.1, 0.15) is 12.8 Å². The molecule has 2 heterocycles. The van der Waals surface area contributed by atoms with Crippen molar-refractivity contribution in [1.82, 2.24) is 5.32 Å². The molecule has 0 saturated carbocycles. The Balaban J connectivity index is 0.00000133. The molecule has 5 heteroatoms. The maximum Gasteiger partial charge on any atom is 0.123 e. The van der Waals surface area contributed by atoms with E-state index in [0.717, 1.165) is 44.7 Å². The van der Waals surface area contributed by atoms with Crippen LogP contribution in [0.15, 0.2) is 24.3 Å². The van der Waals surface area contributed by atoms with Gasteiger partial charge < -0.3 is 16.0 Å². The highest BCUT2D eigenvalue weighted by molar-refractivity contribution is 5.85. The minimum absolute atomic E-state index is 0. The molecule has 3 nitrogen and oxygen atoms in total. The predicted octanol–water partition coefficient (Wildman–Crippen LogP) is 1.76. The fourth-order valence-electron chi connectivity index (χ4n) is 3.30. The van der Waals surface area contributed by atoms with Crippen LogP contribution in [0.5, 0.6) is 0 Å². The van der Waals surface area contributed by atoms with Gasteiger partial charge in [0.1, 0.15) is 5.82 Å². The van der Waals surface area contributed by atoms with E-state index in [1.807, 2.05) is 12.1 Å². The van der Waals surface area contributed by atoms with Gasteiger partial charge in [-0.15, -0.1) is 12.4 Å². The summed E-state index contributed by atoms with van der Waals surface area (Å²) in [6.07, 6.45) is 2.29. The summed E-state index contributed by atoms with van der Waals surface area (Å²) in [5, 5.41) is 3.39. The normalized spacial score (nSPS) is 25.4. The molecule has 1 aromatic carbocycles. The lowest BCUT2D eigenvalue weighted by molar-refractivity contribution is 0.205. The Morgan fingerprint density at radius 2 is 1.84 bits per heavy atom. The first kappa shape index (κ1) is 14.6. The molecule has 0 aromatic heterocycles. The van der Waals surface area contributed by atoms with Gasteiger partial charge in [-0.3, -0.25) is 0 Å². The van der Waals surface area contributed by atoms with Crippen molar-refractivity contribution in [2.45, 2.75) is 18.9 Å². The molecule has 0 amide bonds. The van der Waals surface area contributed by atoms with Crippen molar-refractivity contribution in [3.63, 3.8) is 0 Å². The number of rotatable bonds is 1. The number of nitrogens with zero attached hydrogens (tertiary/aromatic N) is 1. The van der Waals surface area contributed by atoms with Gasteiger partial charge in [-0.1, -0.05) is 0 Å². The van der Waals surface area contributed by atoms with Crippen LogP contribution in [0.4, 0.5) is 10.1 Å². The van der Waals surface area contributed by atoms with Crippen LogP contribution in [-0.2, 0) is 0 Å². The van der Waals surface area contributed by atoms with Crippen molar-refractivity contribution in [1.29, 1.82) is 0 Å². The van der Waals surface area contributed by atoms with Crippen molar-refractivity contribution in [3.8, 4) is 0 Å². The standard InChI is InChI=1S/C14H20FN3.ClH/c15-11-1-3-12(4-2-11)18-9-13(16)14(10-18)5-7-17-8-6-14;/h1-4,13,17H,5-10,16H2;1H/t13-;/m1./s1. The lowest BCUT2D eigenvalue weighted by Crippen LogP contribution is -2.47. The zero-order valence-corrected chi connectivity index (χ0v) is 11.8. The Morgan fingerprint density at radius 3 is 2.47 bits per heavy atom. The zero-order chi connectivity index (χ0) is 12.6. The number of nitrogens with two attached hydrogens (primary N) is 1. The van der Waals surface area contributed by atoms with Gasteiger partial charge in [0.2, 0.25) is 0 Å². The van der Waals surface area contributed by atoms with Crippen molar-refractivity contribution < 1.29 is 4.39 Å². The second kappa shape index (κ2) is 5.65. The molecule has 106 valence electrons. The summed E-state index contributed by atoms with van der Waals surface area (Å²) in [5.74, 6) is -0.182. The molecule has 1 atom stereocenters. The molecular formula is C14H21ClFN3. The second-order valence-corrected chi connectivity index (χ2v) is 5.58. The maximum absolute atomic E-state index is 12.9. The maximum atomic E-state index is 12.9. The quantitative estimate of drug-likeness (QED) is 0.826. The van der Waals surface area contributed by atoms with Crippen molar-refractivity contribution in [2.75, 3.05) is 31.1 Å². The third-order valence-electron chi connectivity index (χ3n) is 4.50. The van der Waals surface area contributed by atoms with E-state index in [9.17, 15) is 4.39 Å². The number of anilines is 1. The van der Waals surface area contributed by atoms with Crippen molar-refractivity contribution >= 4 is 18.1 Å². The molecule has 3 rings (SSSR count). The summed E-state index contributed by atoms with van der Waals surface area (Å²) in [7, 11) is 0. The molecule has 0 aliphatic carbocycles. The molecule has 0 unspecified atom stereocenters. The summed E-state index contributed by atoms with van der Waals surface area (Å²) in [6.45, 7) is 4.00. The Bertz CT molecular complexity index is 417. The van der Waals surface area contributed by atoms with Crippen LogP contribution in [0, 0.1) is 11.2 Å². The second-order valence-electron chi connectivity index (χ2n) is 5.58. The summed E-state index contributed by atoms with van der Waals surface area (Å²) in [6, 6.07) is 6.97. The first-order chi connectivity index (χ1) is 8.70. The third-order valence-corrected chi connectivity index (χ3v) is 4.50. The number of hydrogen-bond acceptors (Lipinski definition) is 3. The van der Waals surface area contributed by atoms with Gasteiger partial charge >= 0.3 is 0 Å². The summed E-state index contributed by atoms with van der Waals surface area (Å²) >= 11 is 0. The first-order valence-corrected chi connectivity index (χ1v) is 6.66. The monoisotopic (exact) mass is 285 g/mol. The molecular weight excluding hydrogens is 265 g/mol. The molecule has 2 fully saturated rings. The Kier molecular flexibility index (Phi) is 4.33. The molecule has 1 aromatic rings. The third kappa shape index (κ3) is 2.71. The van der Waals surface area contributed by atoms with Gasteiger partial charge in [-0.05, 0) is 50.2 Å². The number of hydrogen-bond donors (Lipinski definition) is 2. The molecule has 19 heavy (non-hydrogen) atoms. The number of piperidine rings is 1. The number of halogens is 2. The molecule has 1 spiro atoms. The van der Waals surface area contributed by atoms with Gasteiger partial charge in [0.15, 0.2) is 0 Å².